The van der Waals surface area contributed by atoms with Gasteiger partial charge >= 0.3 is 0 Å². The van der Waals surface area contributed by atoms with Gasteiger partial charge in [0.1, 0.15) is 11.9 Å². The summed E-state index contributed by atoms with van der Waals surface area (Å²) in [6.45, 7) is 4.42. The molecule has 0 saturated carbocycles. The molecule has 0 aliphatic carbocycles. The molecule has 0 bridgehead atoms. The van der Waals surface area contributed by atoms with Gasteiger partial charge in [-0.15, -0.1) is 0 Å². The molecule has 2 nitrogen and oxygen atoms in total. The topological polar surface area (TPSA) is 21.3 Å². The minimum Gasteiger partial charge on any atom is -0.489 e. The van der Waals surface area contributed by atoms with Gasteiger partial charge in [-0.3, -0.25) is 0 Å². The highest BCUT2D eigenvalue weighted by Gasteiger charge is 2.24. The zero-order valence-corrected chi connectivity index (χ0v) is 11.7. The number of hydrogen-bond donors (Lipinski definition) is 1. The van der Waals surface area contributed by atoms with E-state index in [1.165, 1.54) is 30.5 Å². The maximum atomic E-state index is 5.82. The summed E-state index contributed by atoms with van der Waals surface area (Å²) < 4.78 is 6.94. The largest absolute Gasteiger partial charge is 0.489 e. The van der Waals surface area contributed by atoms with Crippen LogP contribution in [0.4, 0.5) is 0 Å². The minimum absolute atomic E-state index is 0.320. The fraction of sp³-hybridized carbons (Fsp3) is 0.571. The molecule has 17 heavy (non-hydrogen) atoms. The van der Waals surface area contributed by atoms with Gasteiger partial charge in [-0.05, 0) is 65.4 Å². The zero-order chi connectivity index (χ0) is 11.8. The molecule has 1 N–H and O–H groups in total. The van der Waals surface area contributed by atoms with Crippen molar-refractivity contribution in [2.75, 3.05) is 13.1 Å². The predicted molar refractivity (Wildman–Crippen MR) is 72.8 cm³/mol. The Labute approximate surface area is 111 Å². The molecule has 1 aromatic carbocycles. The lowest BCUT2D eigenvalue weighted by molar-refractivity contribution is 0.253. The second kappa shape index (κ2) is 4.62. The van der Waals surface area contributed by atoms with Gasteiger partial charge in [0.25, 0.3) is 0 Å². The molecule has 2 unspecified atom stereocenters. The molecule has 2 heterocycles. The van der Waals surface area contributed by atoms with Crippen LogP contribution in [-0.2, 0) is 6.42 Å². The Morgan fingerprint density at radius 2 is 2.29 bits per heavy atom. The van der Waals surface area contributed by atoms with Gasteiger partial charge in [0.2, 0.25) is 0 Å². The number of hydrogen-bond acceptors (Lipinski definition) is 2. The van der Waals surface area contributed by atoms with Crippen LogP contribution in [0.5, 0.6) is 5.75 Å². The number of ether oxygens (including phenoxy) is 1. The van der Waals surface area contributed by atoms with Crippen LogP contribution >= 0.6 is 15.9 Å². The van der Waals surface area contributed by atoms with E-state index < -0.39 is 0 Å². The van der Waals surface area contributed by atoms with E-state index in [0.717, 1.165) is 23.2 Å². The van der Waals surface area contributed by atoms with E-state index in [1.807, 2.05) is 0 Å². The molecule has 0 spiro atoms. The van der Waals surface area contributed by atoms with Crippen molar-refractivity contribution in [1.82, 2.24) is 5.32 Å². The molecule has 1 aromatic rings. The first-order chi connectivity index (χ1) is 8.24. The third kappa shape index (κ3) is 2.23. The fourth-order valence-corrected chi connectivity index (χ4v) is 3.49. The second-order valence-electron chi connectivity index (χ2n) is 5.17. The molecule has 92 valence electrons. The monoisotopic (exact) mass is 295 g/mol. The van der Waals surface area contributed by atoms with E-state index in [-0.39, 0.29) is 0 Å². The van der Waals surface area contributed by atoms with Crippen molar-refractivity contribution < 1.29 is 4.74 Å². The predicted octanol–water partition coefficient (Wildman–Crippen LogP) is 3.24. The average molecular weight is 296 g/mol. The highest BCUT2D eigenvalue weighted by molar-refractivity contribution is 9.10. The summed E-state index contributed by atoms with van der Waals surface area (Å²) in [5, 5.41) is 3.48. The fourth-order valence-electron chi connectivity index (χ4n) is 2.88. The van der Waals surface area contributed by atoms with Crippen molar-refractivity contribution in [1.29, 1.82) is 0 Å². The molecule has 2 aliphatic rings. The summed E-state index contributed by atoms with van der Waals surface area (Å²) in [4.78, 5) is 0. The lowest BCUT2D eigenvalue weighted by atomic mass is 9.90. The molecule has 1 saturated heterocycles. The van der Waals surface area contributed by atoms with Gasteiger partial charge in [0.15, 0.2) is 0 Å². The van der Waals surface area contributed by atoms with Crippen molar-refractivity contribution in [3.63, 3.8) is 0 Å². The van der Waals surface area contributed by atoms with Gasteiger partial charge in [-0.1, -0.05) is 6.07 Å². The molecule has 2 aliphatic heterocycles. The Morgan fingerprint density at radius 1 is 1.41 bits per heavy atom. The average Bonchev–Trinajstić information content (AvgIpc) is 2.71. The van der Waals surface area contributed by atoms with Crippen molar-refractivity contribution >= 4 is 15.9 Å². The summed E-state index contributed by atoms with van der Waals surface area (Å²) in [7, 11) is 0. The van der Waals surface area contributed by atoms with Gasteiger partial charge in [0.05, 0.1) is 4.47 Å². The van der Waals surface area contributed by atoms with E-state index in [4.69, 9.17) is 4.74 Å². The first-order valence-corrected chi connectivity index (χ1v) is 7.23. The zero-order valence-electron chi connectivity index (χ0n) is 10.1. The van der Waals surface area contributed by atoms with E-state index in [0.29, 0.717) is 12.0 Å². The lowest BCUT2D eigenvalue weighted by Crippen LogP contribution is -2.28. The number of fused-ring (bicyclic) bond motifs is 1. The molecule has 0 radical (unpaired) electrons. The SMILES string of the molecule is CC1Cc2cc(C3CCCNC3)cc(Br)c2O1. The van der Waals surface area contributed by atoms with Crippen LogP contribution in [-0.4, -0.2) is 19.2 Å². The quantitative estimate of drug-likeness (QED) is 0.859. The minimum atomic E-state index is 0.320. The standard InChI is InChI=1S/C14H18BrNO/c1-9-5-12-6-11(7-13(15)14(12)17-9)10-3-2-4-16-8-10/h6-7,9-10,16H,2-5,8H2,1H3. The van der Waals surface area contributed by atoms with Crippen molar-refractivity contribution in [3.05, 3.63) is 27.7 Å². The molecular weight excluding hydrogens is 278 g/mol. The number of piperidine rings is 1. The summed E-state index contributed by atoms with van der Waals surface area (Å²) in [5.41, 5.74) is 2.83. The molecule has 3 rings (SSSR count). The van der Waals surface area contributed by atoms with Crippen LogP contribution in [0.2, 0.25) is 0 Å². The first-order valence-electron chi connectivity index (χ1n) is 6.43. The number of benzene rings is 1. The highest BCUT2D eigenvalue weighted by Crippen LogP contribution is 2.39. The normalized spacial score (nSPS) is 27.6. The molecule has 0 aromatic heterocycles. The summed E-state index contributed by atoms with van der Waals surface area (Å²) in [6, 6.07) is 4.59. The van der Waals surface area contributed by atoms with E-state index in [9.17, 15) is 0 Å². The van der Waals surface area contributed by atoms with Crippen LogP contribution in [0.3, 0.4) is 0 Å². The van der Waals surface area contributed by atoms with Gasteiger partial charge in [-0.25, -0.2) is 0 Å². The van der Waals surface area contributed by atoms with Crippen molar-refractivity contribution in [3.8, 4) is 5.75 Å². The van der Waals surface area contributed by atoms with Crippen LogP contribution in [0.1, 0.15) is 36.8 Å². The maximum Gasteiger partial charge on any atom is 0.137 e. The summed E-state index contributed by atoms with van der Waals surface area (Å²) in [5.74, 6) is 1.73. The Bertz CT molecular complexity index is 426. The Kier molecular flexibility index (Phi) is 3.14. The van der Waals surface area contributed by atoms with Crippen LogP contribution in [0.15, 0.2) is 16.6 Å². The van der Waals surface area contributed by atoms with Gasteiger partial charge < -0.3 is 10.1 Å². The van der Waals surface area contributed by atoms with E-state index in [2.05, 4.69) is 40.3 Å². The number of nitrogens with one attached hydrogen (secondary N) is 1. The molecule has 0 amide bonds. The van der Waals surface area contributed by atoms with E-state index in [1.54, 1.807) is 0 Å². The lowest BCUT2D eigenvalue weighted by Gasteiger charge is -2.23. The highest BCUT2D eigenvalue weighted by atomic mass is 79.9. The van der Waals surface area contributed by atoms with Gasteiger partial charge in [-0.2, -0.15) is 0 Å². The van der Waals surface area contributed by atoms with Crippen LogP contribution < -0.4 is 10.1 Å². The third-order valence-corrected chi connectivity index (χ3v) is 4.33. The maximum absolute atomic E-state index is 5.82. The smallest absolute Gasteiger partial charge is 0.137 e. The van der Waals surface area contributed by atoms with E-state index >= 15 is 0 Å². The molecule has 1 fully saturated rings. The third-order valence-electron chi connectivity index (χ3n) is 3.74. The molecular formula is C14H18BrNO. The first kappa shape index (κ1) is 11.5. The number of rotatable bonds is 1. The van der Waals surface area contributed by atoms with Gasteiger partial charge in [0, 0.05) is 13.0 Å². The Hall–Kier alpha value is -0.540. The van der Waals surface area contributed by atoms with Crippen molar-refractivity contribution in [2.24, 2.45) is 0 Å². The summed E-state index contributed by atoms with van der Waals surface area (Å²) in [6.07, 6.45) is 3.95. The van der Waals surface area contributed by atoms with Crippen LogP contribution in [0.25, 0.3) is 0 Å². The van der Waals surface area contributed by atoms with Crippen LogP contribution in [0, 0.1) is 0 Å². The summed E-state index contributed by atoms with van der Waals surface area (Å²) >= 11 is 3.65. The Morgan fingerprint density at radius 3 is 3.06 bits per heavy atom. The second-order valence-corrected chi connectivity index (χ2v) is 6.02. The Balaban J connectivity index is 1.91. The van der Waals surface area contributed by atoms with Crippen molar-refractivity contribution in [2.45, 2.75) is 38.2 Å². The molecule has 2 atom stereocenters. The number of halogens is 1. The molecule has 3 heteroatoms.